The van der Waals surface area contributed by atoms with Crippen LogP contribution in [-0.2, 0) is 11.2 Å². The molecule has 0 radical (unpaired) electrons. The summed E-state index contributed by atoms with van der Waals surface area (Å²) >= 11 is 0. The van der Waals surface area contributed by atoms with Gasteiger partial charge in [0.1, 0.15) is 0 Å². The van der Waals surface area contributed by atoms with Gasteiger partial charge < -0.3 is 5.32 Å². The summed E-state index contributed by atoms with van der Waals surface area (Å²) in [6, 6.07) is 3.05. The molecule has 0 spiro atoms. The maximum Gasteiger partial charge on any atom is 0.220 e. The predicted octanol–water partition coefficient (Wildman–Crippen LogP) is 4.66. The number of aromatic nitrogens is 3. The number of nitrogens with zero attached hydrogens (tertiary/aromatic N) is 4. The van der Waals surface area contributed by atoms with Crippen molar-refractivity contribution in [3.63, 3.8) is 0 Å². The molecule has 5 rings (SSSR count). The minimum Gasteiger partial charge on any atom is -0.353 e. The smallest absolute Gasteiger partial charge is 0.220 e. The lowest BCUT2D eigenvalue weighted by molar-refractivity contribution is -0.121. The summed E-state index contributed by atoms with van der Waals surface area (Å²) in [6.07, 6.45) is 14.3. The van der Waals surface area contributed by atoms with Crippen molar-refractivity contribution >= 4 is 11.6 Å². The Morgan fingerprint density at radius 3 is 2.62 bits per heavy atom. The summed E-state index contributed by atoms with van der Waals surface area (Å²) in [6.45, 7) is 6.63. The Hall–Kier alpha value is -1.95. The fourth-order valence-electron chi connectivity index (χ4n) is 5.88. The second-order valence-electron chi connectivity index (χ2n) is 10.5. The van der Waals surface area contributed by atoms with Gasteiger partial charge in [-0.1, -0.05) is 25.7 Å². The first-order chi connectivity index (χ1) is 15.6. The van der Waals surface area contributed by atoms with E-state index >= 15 is 0 Å². The molecule has 6 nitrogen and oxygen atoms in total. The molecule has 6 heteroatoms. The van der Waals surface area contributed by atoms with Crippen LogP contribution in [0.25, 0.3) is 5.65 Å². The number of nitrogens with one attached hydrogen (secondary N) is 1. The molecule has 3 heterocycles. The Morgan fingerprint density at radius 2 is 1.84 bits per heavy atom. The highest BCUT2D eigenvalue weighted by molar-refractivity contribution is 5.76. The number of carbonyl (C=O) groups excluding carboxylic acids is 1. The molecule has 1 aliphatic heterocycles. The Kier molecular flexibility index (Phi) is 6.49. The minimum atomic E-state index is 0.160. The number of amides is 1. The van der Waals surface area contributed by atoms with Gasteiger partial charge in [0.05, 0.1) is 11.7 Å². The van der Waals surface area contributed by atoms with Crippen LogP contribution in [0.1, 0.15) is 99.3 Å². The molecule has 2 saturated carbocycles. The van der Waals surface area contributed by atoms with Gasteiger partial charge in [-0.2, -0.15) is 5.10 Å². The van der Waals surface area contributed by atoms with Crippen LogP contribution in [0.4, 0.5) is 0 Å². The van der Waals surface area contributed by atoms with Gasteiger partial charge in [-0.25, -0.2) is 9.50 Å². The van der Waals surface area contributed by atoms with Crippen LogP contribution < -0.4 is 5.32 Å². The quantitative estimate of drug-likeness (QED) is 0.684. The van der Waals surface area contributed by atoms with Gasteiger partial charge in [0.25, 0.3) is 0 Å². The van der Waals surface area contributed by atoms with Crippen LogP contribution in [0.2, 0.25) is 0 Å². The molecule has 1 atom stereocenters. The van der Waals surface area contributed by atoms with E-state index in [-0.39, 0.29) is 5.91 Å². The lowest BCUT2D eigenvalue weighted by Gasteiger charge is -2.38. The van der Waals surface area contributed by atoms with Gasteiger partial charge in [-0.3, -0.25) is 9.69 Å². The average Bonchev–Trinajstić information content (AvgIpc) is 3.50. The highest BCUT2D eigenvalue weighted by Gasteiger charge is 2.29. The van der Waals surface area contributed by atoms with E-state index in [2.05, 4.69) is 30.1 Å². The summed E-state index contributed by atoms with van der Waals surface area (Å²) in [4.78, 5) is 19.8. The molecule has 174 valence electrons. The first-order valence-electron chi connectivity index (χ1n) is 13.0. The van der Waals surface area contributed by atoms with Crippen LogP contribution in [0.5, 0.6) is 0 Å². The van der Waals surface area contributed by atoms with E-state index in [1.165, 1.54) is 75.7 Å². The molecule has 1 N–H and O–H groups in total. The zero-order chi connectivity index (χ0) is 22.1. The van der Waals surface area contributed by atoms with Gasteiger partial charge in [0.15, 0.2) is 5.65 Å². The number of rotatable bonds is 7. The molecule has 1 saturated heterocycles. The highest BCUT2D eigenvalue weighted by atomic mass is 16.1. The lowest BCUT2D eigenvalue weighted by Crippen LogP contribution is -2.37. The van der Waals surface area contributed by atoms with Crippen LogP contribution >= 0.6 is 0 Å². The van der Waals surface area contributed by atoms with Crippen LogP contribution in [-0.4, -0.2) is 44.5 Å². The first-order valence-corrected chi connectivity index (χ1v) is 13.0. The van der Waals surface area contributed by atoms with Crippen molar-refractivity contribution in [2.24, 2.45) is 5.92 Å². The zero-order valence-corrected chi connectivity index (χ0v) is 19.9. The van der Waals surface area contributed by atoms with Crippen molar-refractivity contribution in [2.75, 3.05) is 13.1 Å². The number of carbonyl (C=O) groups is 1. The van der Waals surface area contributed by atoms with E-state index < -0.39 is 0 Å². The van der Waals surface area contributed by atoms with Crippen molar-refractivity contribution in [1.82, 2.24) is 24.8 Å². The molecule has 1 amide bonds. The van der Waals surface area contributed by atoms with Gasteiger partial charge in [-0.15, -0.1) is 0 Å². The summed E-state index contributed by atoms with van der Waals surface area (Å²) in [5.41, 5.74) is 5.46. The van der Waals surface area contributed by atoms with E-state index in [4.69, 9.17) is 10.1 Å². The standard InChI is InChI=1S/C26H39N5O/c1-18-22(13-14-26(32)28-21-11-12-21)19(2)31-25(27-18)16-23(29-31)24-10-6-7-15-30(24)17-20-8-4-3-5-9-20/h16,20-21,24H,3-15,17H2,1-2H3,(H,28,32)/t24-/m1/s1. The molecule has 2 aliphatic carbocycles. The van der Waals surface area contributed by atoms with Crippen molar-refractivity contribution in [3.8, 4) is 0 Å². The third-order valence-corrected chi connectivity index (χ3v) is 7.90. The average molecular weight is 438 g/mol. The molecular formula is C26H39N5O. The van der Waals surface area contributed by atoms with Crippen molar-refractivity contribution in [1.29, 1.82) is 0 Å². The fourth-order valence-corrected chi connectivity index (χ4v) is 5.88. The third kappa shape index (κ3) is 4.85. The lowest BCUT2D eigenvalue weighted by atomic mass is 9.87. The van der Waals surface area contributed by atoms with Crippen LogP contribution in [0.15, 0.2) is 6.07 Å². The second-order valence-corrected chi connectivity index (χ2v) is 10.5. The number of hydrogen-bond acceptors (Lipinski definition) is 4. The van der Waals surface area contributed by atoms with E-state index in [9.17, 15) is 4.79 Å². The van der Waals surface area contributed by atoms with Gasteiger partial charge >= 0.3 is 0 Å². The zero-order valence-electron chi connectivity index (χ0n) is 19.9. The minimum absolute atomic E-state index is 0.160. The SMILES string of the molecule is Cc1nc2cc([C@H]3CCCCN3CC3CCCCC3)nn2c(C)c1CCC(=O)NC1CC1. The predicted molar refractivity (Wildman–Crippen MR) is 127 cm³/mol. The maximum atomic E-state index is 12.2. The van der Waals surface area contributed by atoms with Gasteiger partial charge in [0.2, 0.25) is 5.91 Å². The molecule has 3 aliphatic rings. The van der Waals surface area contributed by atoms with Crippen molar-refractivity contribution in [3.05, 3.63) is 28.7 Å². The maximum absolute atomic E-state index is 12.2. The van der Waals surface area contributed by atoms with E-state index in [1.54, 1.807) is 0 Å². The topological polar surface area (TPSA) is 62.5 Å². The largest absolute Gasteiger partial charge is 0.353 e. The Bertz CT molecular complexity index is 957. The third-order valence-electron chi connectivity index (χ3n) is 7.90. The highest BCUT2D eigenvalue weighted by Crippen LogP contribution is 2.34. The Balaban J connectivity index is 1.34. The number of piperidine rings is 1. The normalized spacial score (nSPS) is 23.0. The summed E-state index contributed by atoms with van der Waals surface area (Å²) in [5.74, 6) is 1.02. The monoisotopic (exact) mass is 437 g/mol. The molecular weight excluding hydrogens is 398 g/mol. The van der Waals surface area contributed by atoms with Gasteiger partial charge in [-0.05, 0) is 76.8 Å². The first kappa shape index (κ1) is 21.9. The van der Waals surface area contributed by atoms with E-state index in [1.807, 2.05) is 4.52 Å². The van der Waals surface area contributed by atoms with Gasteiger partial charge in [0, 0.05) is 36.5 Å². The molecule has 0 unspecified atom stereocenters. The fraction of sp³-hybridized carbons (Fsp3) is 0.731. The molecule has 2 aromatic rings. The molecule has 3 fully saturated rings. The molecule has 32 heavy (non-hydrogen) atoms. The van der Waals surface area contributed by atoms with E-state index in [0.29, 0.717) is 18.5 Å². The summed E-state index contributed by atoms with van der Waals surface area (Å²) in [7, 11) is 0. The number of fused-ring (bicyclic) bond motifs is 1. The molecule has 0 aromatic carbocycles. The van der Waals surface area contributed by atoms with Crippen LogP contribution in [0.3, 0.4) is 0 Å². The van der Waals surface area contributed by atoms with E-state index in [0.717, 1.165) is 42.2 Å². The Morgan fingerprint density at radius 1 is 1.06 bits per heavy atom. The summed E-state index contributed by atoms with van der Waals surface area (Å²) < 4.78 is 2.03. The number of hydrogen-bond donors (Lipinski definition) is 1. The van der Waals surface area contributed by atoms with Crippen molar-refractivity contribution in [2.45, 2.75) is 103 Å². The second kappa shape index (κ2) is 9.50. The molecule has 0 bridgehead atoms. The summed E-state index contributed by atoms with van der Waals surface area (Å²) in [5, 5.41) is 8.18. The van der Waals surface area contributed by atoms with Crippen LogP contribution in [0, 0.1) is 19.8 Å². The number of aryl methyl sites for hydroxylation is 2. The Labute approximate surface area is 192 Å². The number of likely N-dealkylation sites (tertiary alicyclic amines) is 1. The van der Waals surface area contributed by atoms with Crippen molar-refractivity contribution < 1.29 is 4.79 Å². The molecule has 2 aromatic heterocycles.